The molecule has 212 valence electrons. The average molecular weight is 569 g/mol. The van der Waals surface area contributed by atoms with Crippen molar-refractivity contribution in [3.05, 3.63) is 46.5 Å². The predicted molar refractivity (Wildman–Crippen MR) is 149 cm³/mol. The van der Waals surface area contributed by atoms with Gasteiger partial charge in [-0.25, -0.2) is 18.4 Å². The van der Waals surface area contributed by atoms with Gasteiger partial charge in [-0.2, -0.15) is 9.40 Å². The molecule has 0 atom stereocenters. The minimum absolute atomic E-state index is 0.0131. The molecular formula is C26H32N8O5S. The van der Waals surface area contributed by atoms with Crippen LogP contribution < -0.4 is 10.3 Å². The lowest BCUT2D eigenvalue weighted by molar-refractivity contribution is 0.144. The fourth-order valence-corrected chi connectivity index (χ4v) is 6.01. The first-order valence-corrected chi connectivity index (χ1v) is 14.4. The van der Waals surface area contributed by atoms with Gasteiger partial charge in [0.05, 0.1) is 24.1 Å². The van der Waals surface area contributed by atoms with Crippen LogP contribution in [0.1, 0.15) is 12.5 Å². The van der Waals surface area contributed by atoms with E-state index in [0.717, 1.165) is 12.1 Å². The van der Waals surface area contributed by atoms with E-state index in [4.69, 9.17) is 14.5 Å². The molecule has 0 aromatic carbocycles. The van der Waals surface area contributed by atoms with Crippen molar-refractivity contribution in [1.29, 1.82) is 0 Å². The lowest BCUT2D eigenvalue weighted by atomic mass is 10.2. The van der Waals surface area contributed by atoms with Crippen molar-refractivity contribution in [2.75, 3.05) is 53.0 Å². The molecule has 0 amide bonds. The zero-order chi connectivity index (χ0) is 28.4. The summed E-state index contributed by atoms with van der Waals surface area (Å²) in [5.41, 5.74) is 2.34. The summed E-state index contributed by atoms with van der Waals surface area (Å²) in [7, 11) is -0.597. The topological polar surface area (TPSA) is 148 Å². The van der Waals surface area contributed by atoms with Gasteiger partial charge in [0.25, 0.3) is 5.56 Å². The lowest BCUT2D eigenvalue weighted by Gasteiger charge is -2.33. The molecule has 40 heavy (non-hydrogen) atoms. The Bertz CT molecular complexity index is 1680. The number of piperazine rings is 1. The summed E-state index contributed by atoms with van der Waals surface area (Å²) in [5.74, 6) is 0.222. The molecule has 5 rings (SSSR count). The van der Waals surface area contributed by atoms with Crippen LogP contribution in [0, 0.1) is 6.92 Å². The van der Waals surface area contributed by atoms with Crippen LogP contribution in [0.5, 0.6) is 5.88 Å². The van der Waals surface area contributed by atoms with Gasteiger partial charge < -0.3 is 19.4 Å². The third-order valence-corrected chi connectivity index (χ3v) is 8.73. The smallest absolute Gasteiger partial charge is 0.279 e. The molecule has 1 aliphatic heterocycles. The van der Waals surface area contributed by atoms with E-state index in [2.05, 4.69) is 31.9 Å². The summed E-state index contributed by atoms with van der Waals surface area (Å²) < 4.78 is 41.1. The normalized spacial score (nSPS) is 15.1. The average Bonchev–Trinajstić information content (AvgIpc) is 3.30. The summed E-state index contributed by atoms with van der Waals surface area (Å²) in [4.78, 5) is 31.7. The molecular weight excluding hydrogens is 536 g/mol. The zero-order valence-electron chi connectivity index (χ0n) is 22.9. The first kappa shape index (κ1) is 27.8. The van der Waals surface area contributed by atoms with Crippen molar-refractivity contribution in [3.8, 4) is 28.7 Å². The van der Waals surface area contributed by atoms with Gasteiger partial charge in [0, 0.05) is 46.5 Å². The van der Waals surface area contributed by atoms with E-state index in [-0.39, 0.29) is 40.9 Å². The van der Waals surface area contributed by atoms with E-state index in [1.165, 1.54) is 16.6 Å². The number of H-pyrrole nitrogens is 1. The number of rotatable bonds is 9. The number of fused-ring (bicyclic) bond motifs is 1. The minimum atomic E-state index is -3.85. The summed E-state index contributed by atoms with van der Waals surface area (Å²) in [6.07, 6.45) is 3.00. The van der Waals surface area contributed by atoms with Crippen LogP contribution in [0.25, 0.3) is 33.8 Å². The molecule has 0 spiro atoms. The molecule has 0 saturated carbocycles. The van der Waals surface area contributed by atoms with E-state index in [1.807, 2.05) is 19.1 Å². The summed E-state index contributed by atoms with van der Waals surface area (Å²) in [6.45, 7) is 7.35. The Morgan fingerprint density at radius 3 is 2.50 bits per heavy atom. The van der Waals surface area contributed by atoms with E-state index in [0.29, 0.717) is 43.1 Å². The number of hydrogen-bond donors (Lipinski definition) is 1. The predicted octanol–water partition coefficient (Wildman–Crippen LogP) is 1.44. The van der Waals surface area contributed by atoms with Crippen LogP contribution in [0.15, 0.2) is 40.3 Å². The highest BCUT2D eigenvalue weighted by molar-refractivity contribution is 7.89. The number of pyridine rings is 2. The highest BCUT2D eigenvalue weighted by Crippen LogP contribution is 2.31. The number of aryl methyl sites for hydroxylation is 2. The number of methoxy groups -OCH3 is 1. The van der Waals surface area contributed by atoms with Crippen molar-refractivity contribution in [1.82, 2.24) is 38.9 Å². The van der Waals surface area contributed by atoms with Gasteiger partial charge in [-0.1, -0.05) is 13.0 Å². The zero-order valence-corrected chi connectivity index (χ0v) is 23.7. The molecule has 0 bridgehead atoms. The molecule has 13 nitrogen and oxygen atoms in total. The quantitative estimate of drug-likeness (QED) is 0.294. The molecule has 1 fully saturated rings. The summed E-state index contributed by atoms with van der Waals surface area (Å²) in [5, 5.41) is 4.36. The fourth-order valence-electron chi connectivity index (χ4n) is 4.62. The third-order valence-electron chi connectivity index (χ3n) is 6.87. The molecule has 14 heteroatoms. The second-order valence-electron chi connectivity index (χ2n) is 9.51. The molecule has 1 aliphatic rings. The minimum Gasteiger partial charge on any atom is -0.475 e. The van der Waals surface area contributed by atoms with Crippen molar-refractivity contribution < 1.29 is 17.9 Å². The SMILES string of the molecule is CCN1CCN(S(=O)(=O)c2cnc(OCCOC)c(-c3nc4c(-c5ccc(C)cn5)n(C)nc4c(=O)[nH]3)c2)CC1. The van der Waals surface area contributed by atoms with Crippen LogP contribution in [-0.4, -0.2) is 100 Å². The Kier molecular flexibility index (Phi) is 7.94. The van der Waals surface area contributed by atoms with Crippen LogP contribution in [0.2, 0.25) is 0 Å². The van der Waals surface area contributed by atoms with Gasteiger partial charge in [0.1, 0.15) is 28.5 Å². The number of nitrogens with zero attached hydrogens (tertiary/aromatic N) is 7. The molecule has 1 N–H and O–H groups in total. The fraction of sp³-hybridized carbons (Fsp3) is 0.423. The Morgan fingerprint density at radius 2 is 1.82 bits per heavy atom. The van der Waals surface area contributed by atoms with E-state index >= 15 is 0 Å². The second-order valence-corrected chi connectivity index (χ2v) is 11.4. The first-order chi connectivity index (χ1) is 19.2. The maximum absolute atomic E-state index is 13.6. The maximum atomic E-state index is 13.6. The molecule has 5 heterocycles. The van der Waals surface area contributed by atoms with Gasteiger partial charge in [0.15, 0.2) is 5.52 Å². The number of hydrogen-bond acceptors (Lipinski definition) is 10. The monoisotopic (exact) mass is 568 g/mol. The maximum Gasteiger partial charge on any atom is 0.279 e. The van der Waals surface area contributed by atoms with Crippen molar-refractivity contribution in [3.63, 3.8) is 0 Å². The van der Waals surface area contributed by atoms with Gasteiger partial charge >= 0.3 is 0 Å². The number of nitrogens with one attached hydrogen (secondary N) is 1. The number of aromatic amines is 1. The van der Waals surface area contributed by atoms with E-state index < -0.39 is 15.6 Å². The molecule has 0 aliphatic carbocycles. The molecule has 0 unspecified atom stereocenters. The Balaban J connectivity index is 1.63. The van der Waals surface area contributed by atoms with Crippen LogP contribution in [-0.2, 0) is 21.8 Å². The highest BCUT2D eigenvalue weighted by Gasteiger charge is 2.30. The standard InChI is InChI=1S/C26H32N8O5S/c1-5-33-8-10-34(11-9-33)40(36,37)18-14-19(26(28-16-18)39-13-12-38-4)24-29-21-22(25(35)30-24)31-32(3)23(21)20-7-6-17(2)15-27-20/h6-7,14-16H,5,8-13H2,1-4H3,(H,29,30,35). The van der Waals surface area contributed by atoms with E-state index in [1.54, 1.807) is 25.0 Å². The van der Waals surface area contributed by atoms with Crippen molar-refractivity contribution >= 4 is 21.1 Å². The number of likely N-dealkylation sites (N-methyl/N-ethyl adjacent to an activating group) is 1. The van der Waals surface area contributed by atoms with Gasteiger partial charge in [-0.15, -0.1) is 0 Å². The summed E-state index contributed by atoms with van der Waals surface area (Å²) >= 11 is 0. The Hall–Kier alpha value is -3.72. The Labute approximate surface area is 231 Å². The van der Waals surface area contributed by atoms with Crippen LogP contribution >= 0.6 is 0 Å². The van der Waals surface area contributed by atoms with Crippen LogP contribution in [0.3, 0.4) is 0 Å². The molecule has 4 aromatic heterocycles. The largest absolute Gasteiger partial charge is 0.475 e. The highest BCUT2D eigenvalue weighted by atomic mass is 32.2. The number of sulfonamides is 1. The number of aromatic nitrogens is 6. The van der Waals surface area contributed by atoms with Crippen molar-refractivity contribution in [2.24, 2.45) is 7.05 Å². The summed E-state index contributed by atoms with van der Waals surface area (Å²) in [6, 6.07) is 5.19. The molecule has 0 radical (unpaired) electrons. The second kappa shape index (κ2) is 11.4. The van der Waals surface area contributed by atoms with Gasteiger partial charge in [-0.05, 0) is 31.2 Å². The first-order valence-electron chi connectivity index (χ1n) is 13.0. The van der Waals surface area contributed by atoms with E-state index in [9.17, 15) is 13.2 Å². The Morgan fingerprint density at radius 1 is 1.05 bits per heavy atom. The number of ether oxygens (including phenoxy) is 2. The van der Waals surface area contributed by atoms with Gasteiger partial charge in [0.2, 0.25) is 15.9 Å². The molecule has 1 saturated heterocycles. The van der Waals surface area contributed by atoms with Gasteiger partial charge in [-0.3, -0.25) is 14.5 Å². The van der Waals surface area contributed by atoms with Crippen molar-refractivity contribution in [2.45, 2.75) is 18.7 Å². The third kappa shape index (κ3) is 5.35. The van der Waals surface area contributed by atoms with Crippen LogP contribution in [0.4, 0.5) is 0 Å². The lowest BCUT2D eigenvalue weighted by Crippen LogP contribution is -2.48. The molecule has 4 aromatic rings.